The number of rotatable bonds is 5. The Hall–Kier alpha value is -0.240. The molecule has 0 amide bonds. The lowest BCUT2D eigenvalue weighted by molar-refractivity contribution is 0.487. The van der Waals surface area contributed by atoms with E-state index < -0.39 is 0 Å². The van der Waals surface area contributed by atoms with E-state index in [4.69, 9.17) is 28.9 Å². The largest absolute Gasteiger partial charge is 0.330 e. The molecule has 0 spiro atoms. The maximum Gasteiger partial charge on any atom is 0.0452 e. The van der Waals surface area contributed by atoms with Crippen molar-refractivity contribution in [3.8, 4) is 0 Å². The lowest BCUT2D eigenvalue weighted by Crippen LogP contribution is -2.17. The predicted molar refractivity (Wildman–Crippen MR) is 67.6 cm³/mol. The Morgan fingerprint density at radius 1 is 1.27 bits per heavy atom. The molecule has 0 aliphatic rings. The first-order chi connectivity index (χ1) is 7.19. The summed E-state index contributed by atoms with van der Waals surface area (Å²) < 4.78 is 0. The average Bonchev–Trinajstić information content (AvgIpc) is 2.22. The molecule has 0 radical (unpaired) electrons. The average molecular weight is 246 g/mol. The third-order valence-electron chi connectivity index (χ3n) is 2.58. The molecule has 0 aliphatic carbocycles. The zero-order valence-corrected chi connectivity index (χ0v) is 10.5. The Morgan fingerprint density at radius 3 is 2.33 bits per heavy atom. The van der Waals surface area contributed by atoms with Gasteiger partial charge in [-0.25, -0.2) is 0 Å². The quantitative estimate of drug-likeness (QED) is 0.837. The zero-order chi connectivity index (χ0) is 11.3. The lowest BCUT2D eigenvalue weighted by Gasteiger charge is -2.15. The molecule has 1 atom stereocenters. The van der Waals surface area contributed by atoms with Gasteiger partial charge < -0.3 is 5.73 Å². The fourth-order valence-electron chi connectivity index (χ4n) is 1.73. The molecule has 1 rings (SSSR count). The first-order valence-electron chi connectivity index (χ1n) is 5.32. The maximum absolute atomic E-state index is 6.11. The van der Waals surface area contributed by atoms with E-state index in [-0.39, 0.29) is 0 Å². The molecule has 0 saturated carbocycles. The van der Waals surface area contributed by atoms with Crippen LogP contribution in [0.4, 0.5) is 0 Å². The minimum atomic E-state index is 0.479. The van der Waals surface area contributed by atoms with Crippen LogP contribution >= 0.6 is 23.2 Å². The van der Waals surface area contributed by atoms with Crippen molar-refractivity contribution in [3.05, 3.63) is 33.8 Å². The van der Waals surface area contributed by atoms with Crippen LogP contribution in [0.2, 0.25) is 10.0 Å². The Kier molecular flexibility index (Phi) is 5.44. The summed E-state index contributed by atoms with van der Waals surface area (Å²) in [6.07, 6.45) is 3.14. The molecule has 0 aliphatic heterocycles. The van der Waals surface area contributed by atoms with Gasteiger partial charge in [-0.3, -0.25) is 0 Å². The van der Waals surface area contributed by atoms with Gasteiger partial charge in [-0.2, -0.15) is 0 Å². The predicted octanol–water partition coefficient (Wildman–Crippen LogP) is 3.91. The second kappa shape index (κ2) is 6.37. The van der Waals surface area contributed by atoms with Crippen molar-refractivity contribution in [2.75, 3.05) is 6.54 Å². The number of benzene rings is 1. The van der Waals surface area contributed by atoms with E-state index in [1.54, 1.807) is 0 Å². The summed E-state index contributed by atoms with van der Waals surface area (Å²) in [6.45, 7) is 2.85. The fraction of sp³-hybridized carbons (Fsp3) is 0.500. The maximum atomic E-state index is 6.11. The van der Waals surface area contributed by atoms with E-state index in [1.165, 1.54) is 0 Å². The number of nitrogens with two attached hydrogens (primary N) is 1. The van der Waals surface area contributed by atoms with Gasteiger partial charge in [-0.05, 0) is 43.0 Å². The summed E-state index contributed by atoms with van der Waals surface area (Å²) in [5, 5.41) is 1.49. The van der Waals surface area contributed by atoms with Crippen molar-refractivity contribution >= 4 is 23.2 Å². The first kappa shape index (κ1) is 12.8. The molecule has 1 nitrogen and oxygen atoms in total. The van der Waals surface area contributed by atoms with Gasteiger partial charge in [-0.1, -0.05) is 42.6 Å². The normalized spacial score (nSPS) is 12.8. The lowest BCUT2D eigenvalue weighted by atomic mass is 9.95. The van der Waals surface area contributed by atoms with Crippen molar-refractivity contribution in [1.82, 2.24) is 0 Å². The van der Waals surface area contributed by atoms with Gasteiger partial charge >= 0.3 is 0 Å². The van der Waals surface area contributed by atoms with Gasteiger partial charge in [0, 0.05) is 10.0 Å². The van der Waals surface area contributed by atoms with Crippen LogP contribution in [0.15, 0.2) is 18.2 Å². The molecule has 1 aromatic carbocycles. The SMILES string of the molecule is CCCC(CN)Cc1c(Cl)cccc1Cl. The van der Waals surface area contributed by atoms with Crippen molar-refractivity contribution in [2.45, 2.75) is 26.2 Å². The van der Waals surface area contributed by atoms with E-state index >= 15 is 0 Å². The van der Waals surface area contributed by atoms with Crippen molar-refractivity contribution < 1.29 is 0 Å². The molecule has 0 bridgehead atoms. The molecule has 84 valence electrons. The highest BCUT2D eigenvalue weighted by molar-refractivity contribution is 6.35. The number of hydrogen-bond acceptors (Lipinski definition) is 1. The smallest absolute Gasteiger partial charge is 0.0452 e. The molecular formula is C12H17Cl2N. The molecule has 0 aromatic heterocycles. The molecule has 0 heterocycles. The third-order valence-corrected chi connectivity index (χ3v) is 3.29. The topological polar surface area (TPSA) is 26.0 Å². The van der Waals surface area contributed by atoms with Gasteiger partial charge in [0.15, 0.2) is 0 Å². The standard InChI is InChI=1S/C12H17Cl2N/c1-2-4-9(8-15)7-10-11(13)5-3-6-12(10)14/h3,5-6,9H,2,4,7-8,15H2,1H3. The fourth-order valence-corrected chi connectivity index (χ4v) is 2.28. The van der Waals surface area contributed by atoms with E-state index in [9.17, 15) is 0 Å². The molecule has 1 aromatic rings. The highest BCUT2D eigenvalue weighted by Crippen LogP contribution is 2.27. The van der Waals surface area contributed by atoms with Gasteiger partial charge in [0.05, 0.1) is 0 Å². The highest BCUT2D eigenvalue weighted by Gasteiger charge is 2.12. The van der Waals surface area contributed by atoms with Crippen LogP contribution in [-0.2, 0) is 6.42 Å². The number of halogens is 2. The highest BCUT2D eigenvalue weighted by atomic mass is 35.5. The summed E-state index contributed by atoms with van der Waals surface area (Å²) in [6, 6.07) is 5.62. The monoisotopic (exact) mass is 245 g/mol. The van der Waals surface area contributed by atoms with Crippen molar-refractivity contribution in [3.63, 3.8) is 0 Å². The minimum Gasteiger partial charge on any atom is -0.330 e. The van der Waals surface area contributed by atoms with Gasteiger partial charge in [-0.15, -0.1) is 0 Å². The molecule has 0 fully saturated rings. The Bertz CT molecular complexity index is 292. The van der Waals surface area contributed by atoms with E-state index in [0.29, 0.717) is 12.5 Å². The summed E-state index contributed by atoms with van der Waals surface area (Å²) in [5.74, 6) is 0.479. The second-order valence-corrected chi connectivity index (χ2v) is 4.61. The molecule has 2 N–H and O–H groups in total. The van der Waals surface area contributed by atoms with E-state index in [0.717, 1.165) is 34.9 Å². The van der Waals surface area contributed by atoms with Gasteiger partial charge in [0.2, 0.25) is 0 Å². The molecular weight excluding hydrogens is 229 g/mol. The minimum absolute atomic E-state index is 0.479. The van der Waals surface area contributed by atoms with Crippen LogP contribution in [0, 0.1) is 5.92 Å². The molecule has 3 heteroatoms. The van der Waals surface area contributed by atoms with Crippen LogP contribution < -0.4 is 5.73 Å². The summed E-state index contributed by atoms with van der Waals surface area (Å²) >= 11 is 12.2. The zero-order valence-electron chi connectivity index (χ0n) is 8.97. The molecule has 1 unspecified atom stereocenters. The van der Waals surface area contributed by atoms with E-state index in [2.05, 4.69) is 6.92 Å². The van der Waals surface area contributed by atoms with Crippen LogP contribution in [-0.4, -0.2) is 6.54 Å². The summed E-state index contributed by atoms with van der Waals surface area (Å²) in [7, 11) is 0. The van der Waals surface area contributed by atoms with Crippen LogP contribution in [0.3, 0.4) is 0 Å². The van der Waals surface area contributed by atoms with E-state index in [1.807, 2.05) is 18.2 Å². The molecule has 0 saturated heterocycles. The third kappa shape index (κ3) is 3.67. The van der Waals surface area contributed by atoms with Crippen LogP contribution in [0.25, 0.3) is 0 Å². The van der Waals surface area contributed by atoms with Crippen molar-refractivity contribution in [1.29, 1.82) is 0 Å². The van der Waals surface area contributed by atoms with Gasteiger partial charge in [0.1, 0.15) is 0 Å². The second-order valence-electron chi connectivity index (χ2n) is 3.79. The van der Waals surface area contributed by atoms with Gasteiger partial charge in [0.25, 0.3) is 0 Å². The van der Waals surface area contributed by atoms with Crippen LogP contribution in [0.1, 0.15) is 25.3 Å². The van der Waals surface area contributed by atoms with Crippen LogP contribution in [0.5, 0.6) is 0 Å². The summed E-state index contributed by atoms with van der Waals surface area (Å²) in [4.78, 5) is 0. The Balaban J connectivity index is 2.78. The van der Waals surface area contributed by atoms with Crippen molar-refractivity contribution in [2.24, 2.45) is 11.7 Å². The Morgan fingerprint density at radius 2 is 1.87 bits per heavy atom. The summed E-state index contributed by atoms with van der Waals surface area (Å²) in [5.41, 5.74) is 6.75. The Labute approximate surface area is 102 Å². The number of hydrogen-bond donors (Lipinski definition) is 1. The first-order valence-corrected chi connectivity index (χ1v) is 6.07. The molecule has 15 heavy (non-hydrogen) atoms.